The van der Waals surface area contributed by atoms with Crippen LogP contribution in [-0.4, -0.2) is 10.8 Å². The third-order valence-electron chi connectivity index (χ3n) is 2.09. The molecule has 16 heavy (non-hydrogen) atoms. The van der Waals surface area contributed by atoms with Gasteiger partial charge < -0.3 is 4.74 Å². The first-order valence-electron chi connectivity index (χ1n) is 4.88. The van der Waals surface area contributed by atoms with Gasteiger partial charge in [0.15, 0.2) is 5.78 Å². The fourth-order valence-corrected chi connectivity index (χ4v) is 1.80. The Labute approximate surface area is 97.7 Å². The van der Waals surface area contributed by atoms with Gasteiger partial charge in [-0.15, -0.1) is 11.3 Å². The van der Waals surface area contributed by atoms with E-state index >= 15 is 0 Å². The number of carbonyl (C=O) groups is 1. The number of carbonyl (C=O) groups excluding carboxylic acids is 1. The van der Waals surface area contributed by atoms with Gasteiger partial charge in [0.05, 0.1) is 0 Å². The lowest BCUT2D eigenvalue weighted by Crippen LogP contribution is -1.97. The van der Waals surface area contributed by atoms with E-state index in [9.17, 15) is 4.79 Å². The van der Waals surface area contributed by atoms with Gasteiger partial charge in [-0.1, -0.05) is 12.1 Å². The fourth-order valence-electron chi connectivity index (χ4n) is 1.27. The molecule has 0 fully saturated rings. The van der Waals surface area contributed by atoms with Crippen LogP contribution in [0.25, 0.3) is 0 Å². The summed E-state index contributed by atoms with van der Waals surface area (Å²) >= 11 is 1.55. The smallest absolute Gasteiger partial charge is 0.159 e. The first kappa shape index (κ1) is 10.8. The van der Waals surface area contributed by atoms with E-state index in [4.69, 9.17) is 4.74 Å². The molecule has 82 valence electrons. The zero-order chi connectivity index (χ0) is 11.4. The van der Waals surface area contributed by atoms with Crippen LogP contribution in [0.1, 0.15) is 22.3 Å². The van der Waals surface area contributed by atoms with E-state index in [2.05, 4.69) is 4.98 Å². The van der Waals surface area contributed by atoms with Crippen LogP contribution in [0.15, 0.2) is 35.8 Å². The van der Waals surface area contributed by atoms with Gasteiger partial charge in [-0.25, -0.2) is 4.98 Å². The first-order valence-corrected chi connectivity index (χ1v) is 5.76. The van der Waals surface area contributed by atoms with Gasteiger partial charge in [0, 0.05) is 17.1 Å². The van der Waals surface area contributed by atoms with Gasteiger partial charge in [-0.05, 0) is 19.1 Å². The Morgan fingerprint density at radius 2 is 2.38 bits per heavy atom. The van der Waals surface area contributed by atoms with Crippen molar-refractivity contribution in [2.75, 3.05) is 0 Å². The van der Waals surface area contributed by atoms with Crippen LogP contribution in [-0.2, 0) is 6.61 Å². The molecule has 0 saturated carbocycles. The monoisotopic (exact) mass is 233 g/mol. The second kappa shape index (κ2) is 4.90. The molecule has 2 rings (SSSR count). The second-order valence-corrected chi connectivity index (χ2v) is 4.28. The van der Waals surface area contributed by atoms with Crippen LogP contribution in [0.5, 0.6) is 5.75 Å². The number of nitrogens with zero attached hydrogens (tertiary/aromatic N) is 1. The van der Waals surface area contributed by atoms with Crippen LogP contribution in [0.2, 0.25) is 0 Å². The lowest BCUT2D eigenvalue weighted by molar-refractivity contribution is 0.101. The van der Waals surface area contributed by atoms with Gasteiger partial charge in [0.1, 0.15) is 17.4 Å². The van der Waals surface area contributed by atoms with E-state index in [0.29, 0.717) is 17.9 Å². The number of Topliss-reactive ketones (excluding diaryl/α,β-unsaturated/α-hetero) is 1. The lowest BCUT2D eigenvalue weighted by Gasteiger charge is -2.04. The summed E-state index contributed by atoms with van der Waals surface area (Å²) in [6.07, 6.45) is 1.75. The van der Waals surface area contributed by atoms with E-state index in [0.717, 1.165) is 5.01 Å². The Bertz CT molecular complexity index is 480. The average molecular weight is 233 g/mol. The molecule has 0 aliphatic carbocycles. The van der Waals surface area contributed by atoms with Crippen molar-refractivity contribution in [3.05, 3.63) is 46.4 Å². The van der Waals surface area contributed by atoms with Crippen LogP contribution >= 0.6 is 11.3 Å². The summed E-state index contributed by atoms with van der Waals surface area (Å²) in [4.78, 5) is 15.3. The average Bonchev–Trinajstić information content (AvgIpc) is 2.79. The van der Waals surface area contributed by atoms with Gasteiger partial charge in [-0.2, -0.15) is 0 Å². The van der Waals surface area contributed by atoms with Crippen molar-refractivity contribution in [1.82, 2.24) is 4.98 Å². The van der Waals surface area contributed by atoms with Crippen molar-refractivity contribution in [3.63, 3.8) is 0 Å². The van der Waals surface area contributed by atoms with E-state index < -0.39 is 0 Å². The van der Waals surface area contributed by atoms with Crippen molar-refractivity contribution in [2.24, 2.45) is 0 Å². The number of thiazole rings is 1. The molecule has 0 atom stereocenters. The molecule has 0 bridgehead atoms. The van der Waals surface area contributed by atoms with Crippen LogP contribution in [0, 0.1) is 0 Å². The first-order chi connectivity index (χ1) is 7.75. The highest BCUT2D eigenvalue weighted by molar-refractivity contribution is 7.09. The fraction of sp³-hybridized carbons (Fsp3) is 0.167. The molecule has 0 amide bonds. The highest BCUT2D eigenvalue weighted by Gasteiger charge is 2.02. The van der Waals surface area contributed by atoms with Gasteiger partial charge in [0.25, 0.3) is 0 Å². The lowest BCUT2D eigenvalue weighted by atomic mass is 10.1. The number of benzene rings is 1. The maximum atomic E-state index is 11.2. The Kier molecular flexibility index (Phi) is 3.31. The van der Waals surface area contributed by atoms with Gasteiger partial charge in [-0.3, -0.25) is 4.79 Å². The molecule has 0 radical (unpaired) electrons. The quantitative estimate of drug-likeness (QED) is 0.762. The maximum absolute atomic E-state index is 11.2. The SMILES string of the molecule is CC(=O)c1cccc(OCc2nccs2)c1. The standard InChI is InChI=1S/C12H11NO2S/c1-9(14)10-3-2-4-11(7-10)15-8-12-13-5-6-16-12/h2-7H,8H2,1H3. The van der Waals surface area contributed by atoms with E-state index in [1.165, 1.54) is 0 Å². The van der Waals surface area contributed by atoms with E-state index in [1.807, 2.05) is 17.5 Å². The zero-order valence-electron chi connectivity index (χ0n) is 8.84. The normalized spacial score (nSPS) is 10.1. The highest BCUT2D eigenvalue weighted by atomic mass is 32.1. The maximum Gasteiger partial charge on any atom is 0.159 e. The number of ketones is 1. The van der Waals surface area contributed by atoms with Crippen molar-refractivity contribution in [3.8, 4) is 5.75 Å². The Morgan fingerprint density at radius 3 is 3.06 bits per heavy atom. The minimum absolute atomic E-state index is 0.0414. The summed E-state index contributed by atoms with van der Waals surface area (Å²) in [5.41, 5.74) is 0.664. The van der Waals surface area contributed by atoms with Gasteiger partial charge >= 0.3 is 0 Å². The Hall–Kier alpha value is -1.68. The molecule has 1 heterocycles. The number of ether oxygens (including phenoxy) is 1. The van der Waals surface area contributed by atoms with E-state index in [-0.39, 0.29) is 5.78 Å². The van der Waals surface area contributed by atoms with E-state index in [1.54, 1.807) is 36.6 Å². The van der Waals surface area contributed by atoms with Crippen molar-refractivity contribution in [1.29, 1.82) is 0 Å². The summed E-state index contributed by atoms with van der Waals surface area (Å²) in [6, 6.07) is 7.17. The second-order valence-electron chi connectivity index (χ2n) is 3.30. The molecule has 1 aromatic carbocycles. The third-order valence-corrected chi connectivity index (χ3v) is 2.84. The summed E-state index contributed by atoms with van der Waals surface area (Å²) in [5, 5.41) is 2.83. The molecule has 0 aliphatic rings. The van der Waals surface area contributed by atoms with Crippen molar-refractivity contribution >= 4 is 17.1 Å². The molecular weight excluding hydrogens is 222 g/mol. The third kappa shape index (κ3) is 2.67. The predicted molar refractivity (Wildman–Crippen MR) is 62.9 cm³/mol. The largest absolute Gasteiger partial charge is 0.486 e. The molecule has 0 aliphatic heterocycles. The number of hydrogen-bond donors (Lipinski definition) is 0. The molecule has 0 unspecified atom stereocenters. The topological polar surface area (TPSA) is 39.2 Å². The van der Waals surface area contributed by atoms with Crippen molar-refractivity contribution < 1.29 is 9.53 Å². The minimum Gasteiger partial charge on any atom is -0.486 e. The van der Waals surface area contributed by atoms with Crippen LogP contribution < -0.4 is 4.74 Å². The minimum atomic E-state index is 0.0414. The van der Waals surface area contributed by atoms with Crippen molar-refractivity contribution in [2.45, 2.75) is 13.5 Å². The summed E-state index contributed by atoms with van der Waals surface area (Å²) in [5.74, 6) is 0.739. The van der Waals surface area contributed by atoms with Crippen LogP contribution in [0.3, 0.4) is 0 Å². The number of rotatable bonds is 4. The Balaban J connectivity index is 2.04. The molecule has 1 aromatic heterocycles. The number of aromatic nitrogens is 1. The van der Waals surface area contributed by atoms with Crippen LogP contribution in [0.4, 0.5) is 0 Å². The highest BCUT2D eigenvalue weighted by Crippen LogP contribution is 2.16. The molecule has 3 nitrogen and oxygen atoms in total. The van der Waals surface area contributed by atoms with Gasteiger partial charge in [0.2, 0.25) is 0 Å². The zero-order valence-corrected chi connectivity index (χ0v) is 9.66. The summed E-state index contributed by atoms with van der Waals surface area (Å²) < 4.78 is 5.54. The molecule has 0 spiro atoms. The molecule has 4 heteroatoms. The summed E-state index contributed by atoms with van der Waals surface area (Å²) in [7, 11) is 0. The molecule has 2 aromatic rings. The summed E-state index contributed by atoms with van der Waals surface area (Å²) in [6.45, 7) is 1.99. The molecular formula is C12H11NO2S. The predicted octanol–water partition coefficient (Wildman–Crippen LogP) is 2.92. The Morgan fingerprint density at radius 1 is 1.50 bits per heavy atom. The molecule has 0 N–H and O–H groups in total. The molecule has 0 saturated heterocycles. The number of hydrogen-bond acceptors (Lipinski definition) is 4.